The standard InChI is InChI=1S/C9H11O2.Sn.H/c1-7-5-4-6-8(10-2)9(7)11-3;;/h4-6H,1H2,2-3H3;;. The predicted molar refractivity (Wildman–Crippen MR) is 50.4 cm³/mol. The van der Waals surface area contributed by atoms with Gasteiger partial charge in [-0.05, 0) is 0 Å². The Kier molecular flexibility index (Phi) is 3.72. The van der Waals surface area contributed by atoms with Gasteiger partial charge in [0, 0.05) is 0 Å². The van der Waals surface area contributed by atoms with E-state index in [1.165, 1.54) is 28.1 Å². The predicted octanol–water partition coefficient (Wildman–Crippen LogP) is 1.10. The van der Waals surface area contributed by atoms with Crippen LogP contribution in [0.3, 0.4) is 0 Å². The van der Waals surface area contributed by atoms with Crippen molar-refractivity contribution in [2.24, 2.45) is 0 Å². The summed E-state index contributed by atoms with van der Waals surface area (Å²) in [5.74, 6) is 1.71. The quantitative estimate of drug-likeness (QED) is 0.766. The van der Waals surface area contributed by atoms with Gasteiger partial charge in [0.15, 0.2) is 0 Å². The van der Waals surface area contributed by atoms with Crippen molar-refractivity contribution in [1.29, 1.82) is 0 Å². The summed E-state index contributed by atoms with van der Waals surface area (Å²) in [5, 5.41) is 0. The monoisotopic (exact) mass is 272 g/mol. The molecule has 0 unspecified atom stereocenters. The van der Waals surface area contributed by atoms with Gasteiger partial charge >= 0.3 is 85.9 Å². The first-order valence-corrected chi connectivity index (χ1v) is 6.06. The molecule has 0 spiro atoms. The van der Waals surface area contributed by atoms with Crippen LogP contribution in [0.15, 0.2) is 18.2 Å². The van der Waals surface area contributed by atoms with E-state index in [9.17, 15) is 0 Å². The second-order valence-corrected chi connectivity index (χ2v) is 3.52. The molecule has 2 nitrogen and oxygen atoms in total. The van der Waals surface area contributed by atoms with Gasteiger partial charge in [0.1, 0.15) is 0 Å². The van der Waals surface area contributed by atoms with Crippen LogP contribution in [0.1, 0.15) is 5.56 Å². The van der Waals surface area contributed by atoms with Gasteiger partial charge in [-0.2, -0.15) is 0 Å². The van der Waals surface area contributed by atoms with Gasteiger partial charge in [0.2, 0.25) is 0 Å². The second-order valence-electron chi connectivity index (χ2n) is 2.36. The van der Waals surface area contributed by atoms with Crippen molar-refractivity contribution in [3.63, 3.8) is 0 Å². The summed E-state index contributed by atoms with van der Waals surface area (Å²) in [4.78, 5) is 0. The fraction of sp³-hybridized carbons (Fsp3) is 0.333. The van der Waals surface area contributed by atoms with Gasteiger partial charge in [0.25, 0.3) is 0 Å². The number of methoxy groups -OCH3 is 2. The summed E-state index contributed by atoms with van der Waals surface area (Å²) >= 11 is 1.21. The van der Waals surface area contributed by atoms with Gasteiger partial charge in [-0.3, -0.25) is 0 Å². The average Bonchev–Trinajstić information content (AvgIpc) is 2.16. The number of benzene rings is 1. The number of ether oxygens (including phenoxy) is 2. The minimum atomic E-state index is 0.823. The van der Waals surface area contributed by atoms with Crippen LogP contribution in [0.25, 0.3) is 0 Å². The van der Waals surface area contributed by atoms with Crippen LogP contribution >= 0.6 is 0 Å². The number of hydrogen-bond donors (Lipinski definition) is 0. The Morgan fingerprint density at radius 3 is 2.50 bits per heavy atom. The molecule has 1 rings (SSSR count). The summed E-state index contributed by atoms with van der Waals surface area (Å²) in [6.45, 7) is 0. The van der Waals surface area contributed by atoms with Crippen LogP contribution in [0.4, 0.5) is 0 Å². The SMILES string of the molecule is COc1cccc([CH2][SnH])c1OC. The Morgan fingerprint density at radius 2 is 2.00 bits per heavy atom. The van der Waals surface area contributed by atoms with E-state index in [1.54, 1.807) is 14.2 Å². The molecule has 1 aromatic carbocycles. The van der Waals surface area contributed by atoms with E-state index in [4.69, 9.17) is 9.47 Å². The fourth-order valence-corrected chi connectivity index (χ4v) is 2.03. The van der Waals surface area contributed by atoms with Crippen LogP contribution in [0, 0.1) is 0 Å². The summed E-state index contributed by atoms with van der Waals surface area (Å²) in [6, 6.07) is 5.98. The van der Waals surface area contributed by atoms with E-state index >= 15 is 0 Å². The molecule has 0 amide bonds. The zero-order chi connectivity index (χ0) is 8.97. The van der Waals surface area contributed by atoms with Crippen LogP contribution in [0.2, 0.25) is 0 Å². The minimum absolute atomic E-state index is 0.823. The van der Waals surface area contributed by atoms with E-state index in [1.807, 2.05) is 12.1 Å². The summed E-state index contributed by atoms with van der Waals surface area (Å²) in [7, 11) is 3.34. The zero-order valence-electron chi connectivity index (χ0n) is 7.33. The van der Waals surface area contributed by atoms with Crippen molar-refractivity contribution in [1.82, 2.24) is 0 Å². The van der Waals surface area contributed by atoms with Gasteiger partial charge in [-0.15, -0.1) is 0 Å². The molecule has 0 heterocycles. The molecule has 64 valence electrons. The number of para-hydroxylation sites is 1. The summed E-state index contributed by atoms with van der Waals surface area (Å²) < 4.78 is 11.5. The molecule has 0 aliphatic rings. The summed E-state index contributed by atoms with van der Waals surface area (Å²) in [6.07, 6.45) is 0. The van der Waals surface area contributed by atoms with Crippen molar-refractivity contribution >= 4 is 22.5 Å². The molecule has 0 fully saturated rings. The fourth-order valence-electron chi connectivity index (χ4n) is 1.11. The van der Waals surface area contributed by atoms with Gasteiger partial charge in [0.05, 0.1) is 0 Å². The molecule has 1 aromatic rings. The van der Waals surface area contributed by atoms with Gasteiger partial charge in [-0.1, -0.05) is 0 Å². The van der Waals surface area contributed by atoms with E-state index < -0.39 is 0 Å². The number of hydrogen-bond acceptors (Lipinski definition) is 2. The Balaban J connectivity index is 3.13. The Morgan fingerprint density at radius 1 is 1.25 bits per heavy atom. The normalized spacial score (nSPS) is 9.58. The number of rotatable bonds is 3. The van der Waals surface area contributed by atoms with Crippen molar-refractivity contribution in [2.45, 2.75) is 4.44 Å². The van der Waals surface area contributed by atoms with Gasteiger partial charge in [-0.25, -0.2) is 0 Å². The first-order chi connectivity index (χ1) is 5.83. The molecular formula is C9H12O2Sn. The maximum atomic E-state index is 5.25. The molecule has 0 N–H and O–H groups in total. The van der Waals surface area contributed by atoms with Crippen LogP contribution in [-0.2, 0) is 4.44 Å². The Bertz CT molecular complexity index is 238. The van der Waals surface area contributed by atoms with Crippen molar-refractivity contribution in [3.05, 3.63) is 23.8 Å². The van der Waals surface area contributed by atoms with Gasteiger partial charge < -0.3 is 0 Å². The zero-order valence-corrected chi connectivity index (χ0v) is 10.6. The van der Waals surface area contributed by atoms with Crippen molar-refractivity contribution < 1.29 is 9.47 Å². The van der Waals surface area contributed by atoms with Crippen LogP contribution in [-0.4, -0.2) is 36.7 Å². The Hall–Kier alpha value is -0.381. The van der Waals surface area contributed by atoms with E-state index in [0.717, 1.165) is 15.9 Å². The third-order valence-electron chi connectivity index (χ3n) is 1.70. The van der Waals surface area contributed by atoms with E-state index in [0.29, 0.717) is 0 Å². The molecule has 0 aliphatic heterocycles. The first kappa shape index (κ1) is 9.70. The van der Waals surface area contributed by atoms with Crippen molar-refractivity contribution in [2.75, 3.05) is 14.2 Å². The van der Waals surface area contributed by atoms with E-state index in [2.05, 4.69) is 6.07 Å². The van der Waals surface area contributed by atoms with E-state index in [-0.39, 0.29) is 0 Å². The molecule has 0 saturated carbocycles. The van der Waals surface area contributed by atoms with Crippen LogP contribution < -0.4 is 9.47 Å². The topological polar surface area (TPSA) is 18.5 Å². The van der Waals surface area contributed by atoms with Crippen molar-refractivity contribution in [3.8, 4) is 11.5 Å². The molecule has 3 heteroatoms. The molecule has 0 atom stereocenters. The molecule has 0 saturated heterocycles. The molecule has 12 heavy (non-hydrogen) atoms. The molecular weight excluding hydrogens is 259 g/mol. The second kappa shape index (κ2) is 4.60. The Labute approximate surface area is 86.0 Å². The summed E-state index contributed by atoms with van der Waals surface area (Å²) in [5.41, 5.74) is 1.24. The molecule has 0 aliphatic carbocycles. The maximum absolute atomic E-state index is 5.25. The third-order valence-corrected chi connectivity index (χ3v) is 2.96. The first-order valence-electron chi connectivity index (χ1n) is 3.73. The molecule has 2 radical (unpaired) electrons. The third kappa shape index (κ3) is 1.86. The molecule has 0 aromatic heterocycles. The molecule has 0 bridgehead atoms. The van der Waals surface area contributed by atoms with Crippen LogP contribution in [0.5, 0.6) is 11.5 Å². The average molecular weight is 271 g/mol.